The summed E-state index contributed by atoms with van der Waals surface area (Å²) < 4.78 is 0. The highest BCUT2D eigenvalue weighted by Gasteiger charge is 2.17. The fourth-order valence-electron chi connectivity index (χ4n) is 3.79. The number of carbonyl (C=O) groups excluding carboxylic acids is 1. The molecule has 0 unspecified atom stereocenters. The van der Waals surface area contributed by atoms with E-state index in [2.05, 4.69) is 22.4 Å². The number of nitrogens with zero attached hydrogens (tertiary/aromatic N) is 1. The number of anilines is 1. The highest BCUT2D eigenvalue weighted by atomic mass is 16.3. The van der Waals surface area contributed by atoms with Crippen LogP contribution in [0.15, 0.2) is 54.7 Å². The fourth-order valence-corrected chi connectivity index (χ4v) is 3.79. The number of hydrogen-bond acceptors (Lipinski definition) is 3. The Morgan fingerprint density at radius 3 is 2.48 bits per heavy atom. The Morgan fingerprint density at radius 1 is 1.00 bits per heavy atom. The first-order chi connectivity index (χ1) is 12.7. The van der Waals surface area contributed by atoms with Gasteiger partial charge in [-0.05, 0) is 48.6 Å². The van der Waals surface area contributed by atoms with Crippen LogP contribution < -0.4 is 5.32 Å². The summed E-state index contributed by atoms with van der Waals surface area (Å²) in [5.74, 6) is 0.226. The number of rotatable bonds is 3. The van der Waals surface area contributed by atoms with E-state index in [0.717, 1.165) is 11.1 Å². The molecule has 2 N–H and O–H groups in total. The van der Waals surface area contributed by atoms with E-state index in [1.165, 1.54) is 37.7 Å². The Labute approximate surface area is 160 Å². The summed E-state index contributed by atoms with van der Waals surface area (Å²) in [6.45, 7) is 0. The lowest BCUT2D eigenvalue weighted by Gasteiger charge is -2.22. The van der Waals surface area contributed by atoms with Crippen LogP contribution >= 0.6 is 0 Å². The molecule has 0 aliphatic heterocycles. The third-order valence-corrected chi connectivity index (χ3v) is 5.24. The van der Waals surface area contributed by atoms with Gasteiger partial charge in [0.2, 0.25) is 0 Å². The monoisotopic (exact) mass is 362 g/mol. The first-order valence-corrected chi connectivity index (χ1v) is 9.20. The van der Waals surface area contributed by atoms with Crippen molar-refractivity contribution in [3.05, 3.63) is 65.9 Å². The van der Waals surface area contributed by atoms with Crippen molar-refractivity contribution in [1.82, 2.24) is 4.98 Å². The number of hydrogen-bond donors (Lipinski definition) is 2. The molecule has 4 nitrogen and oxygen atoms in total. The first kappa shape index (κ1) is 18.9. The summed E-state index contributed by atoms with van der Waals surface area (Å²) in [5, 5.41) is 14.1. The zero-order chi connectivity index (χ0) is 17.9. The molecule has 1 fully saturated rings. The number of phenols is 1. The average Bonchev–Trinajstić information content (AvgIpc) is 2.69. The van der Waals surface area contributed by atoms with Gasteiger partial charge in [-0.1, -0.05) is 51.0 Å². The fraction of sp³-hybridized carbons (Fsp3) is 0.304. The third-order valence-electron chi connectivity index (χ3n) is 5.24. The molecule has 0 saturated heterocycles. The zero-order valence-corrected chi connectivity index (χ0v) is 14.6. The largest absolute Gasteiger partial charge is 0.505 e. The molecular weight excluding hydrogens is 336 g/mol. The van der Waals surface area contributed by atoms with Gasteiger partial charge in [0.15, 0.2) is 5.75 Å². The van der Waals surface area contributed by atoms with Crippen molar-refractivity contribution in [2.75, 3.05) is 5.32 Å². The second-order valence-corrected chi connectivity index (χ2v) is 6.95. The van der Waals surface area contributed by atoms with Gasteiger partial charge < -0.3 is 10.4 Å². The number of amides is 1. The summed E-state index contributed by atoms with van der Waals surface area (Å²) >= 11 is 0. The average molecular weight is 362 g/mol. The number of phenolic OH excluding ortho intramolecular Hbond substituents is 1. The molecular formula is C23H26N2O2. The van der Waals surface area contributed by atoms with Crippen molar-refractivity contribution in [1.29, 1.82) is 0 Å². The minimum atomic E-state index is -0.333. The Bertz CT molecular complexity index is 929. The zero-order valence-electron chi connectivity index (χ0n) is 14.6. The van der Waals surface area contributed by atoms with Crippen LogP contribution in [0.3, 0.4) is 0 Å². The molecule has 1 heterocycles. The summed E-state index contributed by atoms with van der Waals surface area (Å²) in [7, 11) is 0. The Balaban J connectivity index is 0.00000210. The maximum absolute atomic E-state index is 12.6. The van der Waals surface area contributed by atoms with E-state index in [0.29, 0.717) is 11.4 Å². The van der Waals surface area contributed by atoms with Crippen molar-refractivity contribution >= 4 is 22.5 Å². The molecule has 1 aromatic heterocycles. The minimum absolute atomic E-state index is 0. The summed E-state index contributed by atoms with van der Waals surface area (Å²) in [5.41, 5.74) is 2.75. The molecule has 0 radical (unpaired) electrons. The second-order valence-electron chi connectivity index (χ2n) is 6.95. The van der Waals surface area contributed by atoms with Crippen LogP contribution in [0, 0.1) is 0 Å². The van der Waals surface area contributed by atoms with E-state index in [9.17, 15) is 9.90 Å². The van der Waals surface area contributed by atoms with Gasteiger partial charge in [-0.2, -0.15) is 0 Å². The van der Waals surface area contributed by atoms with Gasteiger partial charge in [0.05, 0.1) is 5.56 Å². The lowest BCUT2D eigenvalue weighted by Crippen LogP contribution is -2.12. The van der Waals surface area contributed by atoms with Crippen LogP contribution in [-0.2, 0) is 0 Å². The smallest absolute Gasteiger partial charge is 0.259 e. The molecule has 0 atom stereocenters. The van der Waals surface area contributed by atoms with Crippen LogP contribution in [0.1, 0.15) is 61.4 Å². The van der Waals surface area contributed by atoms with Gasteiger partial charge in [0.25, 0.3) is 5.91 Å². The van der Waals surface area contributed by atoms with Crippen LogP contribution in [0.25, 0.3) is 10.9 Å². The molecule has 1 aliphatic rings. The van der Waals surface area contributed by atoms with E-state index in [4.69, 9.17) is 0 Å². The van der Waals surface area contributed by atoms with E-state index >= 15 is 0 Å². The van der Waals surface area contributed by atoms with Crippen LogP contribution in [0.5, 0.6) is 5.75 Å². The van der Waals surface area contributed by atoms with Gasteiger partial charge in [-0.3, -0.25) is 9.78 Å². The molecule has 0 bridgehead atoms. The maximum Gasteiger partial charge on any atom is 0.259 e. The molecule has 0 spiro atoms. The molecule has 2 aromatic carbocycles. The van der Waals surface area contributed by atoms with Crippen LogP contribution in [0.2, 0.25) is 0 Å². The Hall–Kier alpha value is -2.88. The normalized spacial score (nSPS) is 14.5. The third kappa shape index (κ3) is 3.95. The van der Waals surface area contributed by atoms with Gasteiger partial charge in [-0.25, -0.2) is 0 Å². The number of fused-ring (bicyclic) bond motifs is 1. The predicted octanol–water partition coefficient (Wildman–Crippen LogP) is 5.88. The van der Waals surface area contributed by atoms with Crippen LogP contribution in [0.4, 0.5) is 5.69 Å². The number of nitrogens with one attached hydrogen (secondary N) is 1. The molecule has 3 aromatic rings. The van der Waals surface area contributed by atoms with Gasteiger partial charge in [-0.15, -0.1) is 0 Å². The standard InChI is InChI=1S/C22H22N2O2.CH4/c25-21-19(13-10-17-7-4-14-23-20(17)21)22(26)24-18-11-8-16(9-12-18)15-5-2-1-3-6-15;/h4,7-15,25H,1-3,5-6H2,(H,24,26);1H4. The number of aromatic nitrogens is 1. The molecule has 4 rings (SSSR count). The van der Waals surface area contributed by atoms with Gasteiger partial charge in [0.1, 0.15) is 5.52 Å². The molecule has 27 heavy (non-hydrogen) atoms. The SMILES string of the molecule is C.O=C(Nc1ccc(C2CCCCC2)cc1)c1ccc2cccnc2c1O. The van der Waals surface area contributed by atoms with Crippen molar-refractivity contribution < 1.29 is 9.90 Å². The minimum Gasteiger partial charge on any atom is -0.505 e. The summed E-state index contributed by atoms with van der Waals surface area (Å²) in [6.07, 6.45) is 8.06. The highest BCUT2D eigenvalue weighted by Crippen LogP contribution is 2.33. The van der Waals surface area contributed by atoms with Gasteiger partial charge >= 0.3 is 0 Å². The van der Waals surface area contributed by atoms with Crippen LogP contribution in [-0.4, -0.2) is 16.0 Å². The van der Waals surface area contributed by atoms with E-state index < -0.39 is 0 Å². The molecule has 1 amide bonds. The number of benzene rings is 2. The predicted molar refractivity (Wildman–Crippen MR) is 110 cm³/mol. The number of carbonyl (C=O) groups is 1. The van der Waals surface area contributed by atoms with E-state index in [1.54, 1.807) is 24.4 Å². The van der Waals surface area contributed by atoms with Crippen molar-refractivity contribution in [3.63, 3.8) is 0 Å². The Morgan fingerprint density at radius 2 is 1.74 bits per heavy atom. The Kier molecular flexibility index (Phi) is 5.75. The quantitative estimate of drug-likeness (QED) is 0.612. The molecule has 4 heteroatoms. The molecule has 1 aliphatic carbocycles. The van der Waals surface area contributed by atoms with Crippen molar-refractivity contribution in [3.8, 4) is 5.75 Å². The lowest BCUT2D eigenvalue weighted by molar-refractivity contribution is 0.102. The van der Waals surface area contributed by atoms with Crippen molar-refractivity contribution in [2.24, 2.45) is 0 Å². The number of aromatic hydroxyl groups is 1. The van der Waals surface area contributed by atoms with Crippen molar-refractivity contribution in [2.45, 2.75) is 45.4 Å². The molecule has 1 saturated carbocycles. The molecule has 140 valence electrons. The first-order valence-electron chi connectivity index (χ1n) is 9.20. The van der Waals surface area contributed by atoms with Gasteiger partial charge in [0, 0.05) is 17.3 Å². The number of pyridine rings is 1. The maximum atomic E-state index is 12.6. The second kappa shape index (κ2) is 8.21. The summed E-state index contributed by atoms with van der Waals surface area (Å²) in [6, 6.07) is 15.2. The lowest BCUT2D eigenvalue weighted by atomic mass is 9.84. The van der Waals surface area contributed by atoms with E-state index in [1.807, 2.05) is 18.2 Å². The topological polar surface area (TPSA) is 62.2 Å². The van der Waals surface area contributed by atoms with E-state index in [-0.39, 0.29) is 24.6 Å². The summed E-state index contributed by atoms with van der Waals surface area (Å²) in [4.78, 5) is 16.7. The highest BCUT2D eigenvalue weighted by molar-refractivity contribution is 6.09.